The van der Waals surface area contributed by atoms with Crippen LogP contribution in [0.1, 0.15) is 23.1 Å². The van der Waals surface area contributed by atoms with Crippen molar-refractivity contribution in [3.8, 4) is 0 Å². The van der Waals surface area contributed by atoms with Crippen LogP contribution in [-0.2, 0) is 16.1 Å². The lowest BCUT2D eigenvalue weighted by atomic mass is 10.0. The number of benzene rings is 2. The number of nitrogens with one attached hydrogen (secondary N) is 3. The molecule has 24 heavy (non-hydrogen) atoms. The second-order valence-electron chi connectivity index (χ2n) is 6.13. The van der Waals surface area contributed by atoms with Gasteiger partial charge in [-0.15, -0.1) is 0 Å². The van der Waals surface area contributed by atoms with Gasteiger partial charge in [0.15, 0.2) is 0 Å². The molecule has 2 aromatic rings. The molecule has 1 atom stereocenters. The molecule has 2 amide bonds. The van der Waals surface area contributed by atoms with Crippen LogP contribution in [0, 0.1) is 13.8 Å². The van der Waals surface area contributed by atoms with Crippen molar-refractivity contribution >= 4 is 23.2 Å². The van der Waals surface area contributed by atoms with Crippen LogP contribution in [0.5, 0.6) is 0 Å². The van der Waals surface area contributed by atoms with Gasteiger partial charge in [0.25, 0.3) is 0 Å². The maximum Gasteiger partial charge on any atom is 0.247 e. The van der Waals surface area contributed by atoms with Gasteiger partial charge in [-0.05, 0) is 42.7 Å². The highest BCUT2D eigenvalue weighted by Gasteiger charge is 2.27. The molecular weight excluding hydrogens is 302 g/mol. The number of carbonyl (C=O) groups is 2. The fourth-order valence-corrected chi connectivity index (χ4v) is 2.71. The fourth-order valence-electron chi connectivity index (χ4n) is 2.71. The molecule has 0 saturated carbocycles. The molecule has 1 heterocycles. The molecule has 5 heteroatoms. The van der Waals surface area contributed by atoms with Gasteiger partial charge in [-0.2, -0.15) is 0 Å². The number of rotatable bonds is 4. The summed E-state index contributed by atoms with van der Waals surface area (Å²) in [5.41, 5.74) is 4.92. The van der Waals surface area contributed by atoms with Crippen molar-refractivity contribution in [2.75, 3.05) is 10.6 Å². The summed E-state index contributed by atoms with van der Waals surface area (Å²) in [6.45, 7) is 4.49. The monoisotopic (exact) mass is 323 g/mol. The van der Waals surface area contributed by atoms with Gasteiger partial charge in [0.2, 0.25) is 11.8 Å². The number of anilines is 2. The number of hydrogen-bond acceptors (Lipinski definition) is 3. The molecule has 0 fully saturated rings. The molecular formula is C19H21N3O2. The van der Waals surface area contributed by atoms with Gasteiger partial charge in [-0.25, -0.2) is 0 Å². The molecule has 0 unspecified atom stereocenters. The van der Waals surface area contributed by atoms with E-state index in [0.717, 1.165) is 28.1 Å². The van der Waals surface area contributed by atoms with E-state index in [1.54, 1.807) is 0 Å². The van der Waals surface area contributed by atoms with Crippen LogP contribution < -0.4 is 16.0 Å². The van der Waals surface area contributed by atoms with Gasteiger partial charge >= 0.3 is 0 Å². The van der Waals surface area contributed by atoms with Crippen LogP contribution >= 0.6 is 0 Å². The zero-order valence-corrected chi connectivity index (χ0v) is 13.8. The van der Waals surface area contributed by atoms with Gasteiger partial charge in [-0.1, -0.05) is 30.3 Å². The topological polar surface area (TPSA) is 70.2 Å². The number of fused-ring (bicyclic) bond motifs is 1. The Balaban J connectivity index is 1.62. The normalized spacial score (nSPS) is 15.9. The van der Waals surface area contributed by atoms with Gasteiger partial charge < -0.3 is 16.0 Å². The highest BCUT2D eigenvalue weighted by atomic mass is 16.2. The molecule has 0 aliphatic carbocycles. The number of aryl methyl sites for hydroxylation is 2. The highest BCUT2D eigenvalue weighted by Crippen LogP contribution is 2.30. The predicted octanol–water partition coefficient (Wildman–Crippen LogP) is 2.74. The third-order valence-corrected chi connectivity index (χ3v) is 4.26. The summed E-state index contributed by atoms with van der Waals surface area (Å²) in [6.07, 6.45) is 0.102. The summed E-state index contributed by atoms with van der Waals surface area (Å²) in [5.74, 6) is -0.334. The van der Waals surface area contributed by atoms with E-state index in [1.807, 2.05) is 56.3 Å². The summed E-state index contributed by atoms with van der Waals surface area (Å²) in [5, 5.41) is 8.90. The lowest BCUT2D eigenvalue weighted by Gasteiger charge is -2.27. The molecule has 0 radical (unpaired) electrons. The SMILES string of the molecule is Cc1cc2c(cc1C)N[C@H](CC(=O)NCc1ccccc1)C(=O)N2. The Morgan fingerprint density at radius 1 is 1.08 bits per heavy atom. The Kier molecular flexibility index (Phi) is 4.51. The zero-order chi connectivity index (χ0) is 17.1. The van der Waals surface area contributed by atoms with Gasteiger partial charge in [-0.3, -0.25) is 9.59 Å². The number of carbonyl (C=O) groups excluding carboxylic acids is 2. The summed E-state index contributed by atoms with van der Waals surface area (Å²) in [7, 11) is 0. The van der Waals surface area contributed by atoms with E-state index >= 15 is 0 Å². The first-order chi connectivity index (χ1) is 11.5. The minimum atomic E-state index is -0.560. The Labute approximate surface area is 141 Å². The minimum absolute atomic E-state index is 0.102. The lowest BCUT2D eigenvalue weighted by molar-refractivity contribution is -0.125. The second-order valence-corrected chi connectivity index (χ2v) is 6.13. The van der Waals surface area contributed by atoms with Crippen molar-refractivity contribution in [3.63, 3.8) is 0 Å². The highest BCUT2D eigenvalue weighted by molar-refractivity contribution is 6.05. The largest absolute Gasteiger partial charge is 0.372 e. The van der Waals surface area contributed by atoms with Gasteiger partial charge in [0.1, 0.15) is 6.04 Å². The third-order valence-electron chi connectivity index (χ3n) is 4.26. The van der Waals surface area contributed by atoms with E-state index in [0.29, 0.717) is 6.54 Å². The van der Waals surface area contributed by atoms with Crippen LogP contribution in [0.3, 0.4) is 0 Å². The molecule has 0 spiro atoms. The quantitative estimate of drug-likeness (QED) is 0.810. The molecule has 2 aromatic carbocycles. The van der Waals surface area contributed by atoms with Gasteiger partial charge in [0.05, 0.1) is 17.8 Å². The Morgan fingerprint density at radius 2 is 1.75 bits per heavy atom. The van der Waals surface area contributed by atoms with Crippen LogP contribution in [0.2, 0.25) is 0 Å². The maximum absolute atomic E-state index is 12.2. The smallest absolute Gasteiger partial charge is 0.247 e. The predicted molar refractivity (Wildman–Crippen MR) is 94.9 cm³/mol. The average Bonchev–Trinajstić information content (AvgIpc) is 2.57. The first-order valence-electron chi connectivity index (χ1n) is 8.02. The number of hydrogen-bond donors (Lipinski definition) is 3. The van der Waals surface area contributed by atoms with Crippen molar-refractivity contribution in [2.45, 2.75) is 32.9 Å². The summed E-state index contributed by atoms with van der Waals surface area (Å²) >= 11 is 0. The Bertz CT molecular complexity index is 772. The van der Waals surface area contributed by atoms with Crippen molar-refractivity contribution in [3.05, 3.63) is 59.2 Å². The van der Waals surface area contributed by atoms with E-state index in [-0.39, 0.29) is 18.2 Å². The summed E-state index contributed by atoms with van der Waals surface area (Å²) in [4.78, 5) is 24.3. The average molecular weight is 323 g/mol. The van der Waals surface area contributed by atoms with Crippen LogP contribution in [0.4, 0.5) is 11.4 Å². The summed E-state index contributed by atoms with van der Waals surface area (Å²) < 4.78 is 0. The van der Waals surface area contributed by atoms with Gasteiger partial charge in [0, 0.05) is 6.54 Å². The molecule has 1 aliphatic rings. The van der Waals surface area contributed by atoms with Crippen molar-refractivity contribution < 1.29 is 9.59 Å². The number of amides is 2. The van der Waals surface area contributed by atoms with Crippen LogP contribution in [0.25, 0.3) is 0 Å². The molecule has 5 nitrogen and oxygen atoms in total. The van der Waals surface area contributed by atoms with E-state index in [4.69, 9.17) is 0 Å². The zero-order valence-electron chi connectivity index (χ0n) is 13.8. The van der Waals surface area contributed by atoms with E-state index < -0.39 is 6.04 Å². The molecule has 1 aliphatic heterocycles. The molecule has 3 rings (SSSR count). The lowest BCUT2D eigenvalue weighted by Crippen LogP contribution is -2.42. The van der Waals surface area contributed by atoms with Crippen molar-refractivity contribution in [1.82, 2.24) is 5.32 Å². The summed E-state index contributed by atoms with van der Waals surface area (Å²) in [6, 6.07) is 13.1. The fraction of sp³-hybridized carbons (Fsp3) is 0.263. The minimum Gasteiger partial charge on any atom is -0.372 e. The first-order valence-corrected chi connectivity index (χ1v) is 8.02. The van der Waals surface area contributed by atoms with Crippen molar-refractivity contribution in [1.29, 1.82) is 0 Å². The van der Waals surface area contributed by atoms with Crippen LogP contribution in [-0.4, -0.2) is 17.9 Å². The molecule has 3 N–H and O–H groups in total. The third kappa shape index (κ3) is 3.56. The van der Waals surface area contributed by atoms with E-state index in [2.05, 4.69) is 16.0 Å². The van der Waals surface area contributed by atoms with Crippen molar-refractivity contribution in [2.24, 2.45) is 0 Å². The van der Waals surface area contributed by atoms with E-state index in [9.17, 15) is 9.59 Å². The second kappa shape index (κ2) is 6.74. The van der Waals surface area contributed by atoms with Crippen LogP contribution in [0.15, 0.2) is 42.5 Å². The molecule has 0 saturated heterocycles. The first kappa shape index (κ1) is 16.1. The molecule has 124 valence electrons. The Hall–Kier alpha value is -2.82. The maximum atomic E-state index is 12.2. The standard InChI is InChI=1S/C19H21N3O2/c1-12-8-15-16(9-13(12)2)22-19(24)17(21-15)10-18(23)20-11-14-6-4-3-5-7-14/h3-9,17,21H,10-11H2,1-2H3,(H,20,23)(H,22,24)/t17-/m1/s1. The molecule has 0 aromatic heterocycles. The van der Waals surface area contributed by atoms with E-state index in [1.165, 1.54) is 0 Å². The Morgan fingerprint density at radius 3 is 2.46 bits per heavy atom. The molecule has 0 bridgehead atoms.